The summed E-state index contributed by atoms with van der Waals surface area (Å²) in [6, 6.07) is 0. The Hall–Kier alpha value is -0.410. The standard InChI is InChI=1S/C5H8O3/c1-4(6)5(2)3-7-8-5/h3H2,1-2H3. The van der Waals surface area contributed by atoms with E-state index in [-0.39, 0.29) is 5.78 Å². The third-order valence-electron chi connectivity index (χ3n) is 1.32. The van der Waals surface area contributed by atoms with Crippen LogP contribution in [0.25, 0.3) is 0 Å². The molecule has 3 nitrogen and oxygen atoms in total. The monoisotopic (exact) mass is 116 g/mol. The van der Waals surface area contributed by atoms with Crippen LogP contribution in [-0.2, 0) is 14.6 Å². The summed E-state index contributed by atoms with van der Waals surface area (Å²) in [5.41, 5.74) is -0.639. The van der Waals surface area contributed by atoms with E-state index < -0.39 is 5.60 Å². The van der Waals surface area contributed by atoms with Crippen molar-refractivity contribution < 1.29 is 14.6 Å². The van der Waals surface area contributed by atoms with Gasteiger partial charge in [-0.1, -0.05) is 0 Å². The molecule has 1 fully saturated rings. The Bertz CT molecular complexity index is 115. The number of hydrogen-bond acceptors (Lipinski definition) is 3. The van der Waals surface area contributed by atoms with Crippen molar-refractivity contribution in [3.63, 3.8) is 0 Å². The van der Waals surface area contributed by atoms with Gasteiger partial charge in [-0.15, -0.1) is 0 Å². The Kier molecular flexibility index (Phi) is 1.10. The van der Waals surface area contributed by atoms with E-state index in [1.54, 1.807) is 6.92 Å². The van der Waals surface area contributed by atoms with Crippen molar-refractivity contribution in [3.05, 3.63) is 0 Å². The van der Waals surface area contributed by atoms with E-state index >= 15 is 0 Å². The smallest absolute Gasteiger partial charge is 0.184 e. The van der Waals surface area contributed by atoms with Crippen LogP contribution in [-0.4, -0.2) is 18.0 Å². The van der Waals surface area contributed by atoms with Gasteiger partial charge in [0.2, 0.25) is 0 Å². The summed E-state index contributed by atoms with van der Waals surface area (Å²) in [6.07, 6.45) is 0. The molecule has 0 saturated carbocycles. The van der Waals surface area contributed by atoms with Crippen LogP contribution < -0.4 is 0 Å². The van der Waals surface area contributed by atoms with Crippen molar-refractivity contribution >= 4 is 5.78 Å². The number of carbonyl (C=O) groups excluding carboxylic acids is 1. The molecule has 0 spiro atoms. The number of rotatable bonds is 1. The van der Waals surface area contributed by atoms with Gasteiger partial charge in [0.15, 0.2) is 11.4 Å². The highest BCUT2D eigenvalue weighted by Gasteiger charge is 2.40. The van der Waals surface area contributed by atoms with E-state index in [9.17, 15) is 4.79 Å². The molecule has 1 saturated heterocycles. The molecule has 0 aromatic rings. The van der Waals surface area contributed by atoms with E-state index in [1.165, 1.54) is 6.92 Å². The summed E-state index contributed by atoms with van der Waals surface area (Å²) in [4.78, 5) is 19.5. The van der Waals surface area contributed by atoms with Gasteiger partial charge in [0.05, 0.1) is 0 Å². The lowest BCUT2D eigenvalue weighted by atomic mass is 10.0. The highest BCUT2D eigenvalue weighted by atomic mass is 17.2. The second-order valence-electron chi connectivity index (χ2n) is 2.13. The molecule has 0 amide bonds. The first-order valence-corrected chi connectivity index (χ1v) is 2.47. The molecule has 1 aliphatic heterocycles. The van der Waals surface area contributed by atoms with Gasteiger partial charge in [-0.2, -0.15) is 0 Å². The minimum atomic E-state index is -0.639. The van der Waals surface area contributed by atoms with Gasteiger partial charge < -0.3 is 0 Å². The molecule has 1 unspecified atom stereocenters. The predicted molar refractivity (Wildman–Crippen MR) is 26.1 cm³/mol. The largest absolute Gasteiger partial charge is 0.297 e. The lowest BCUT2D eigenvalue weighted by Gasteiger charge is -2.33. The molecule has 0 N–H and O–H groups in total. The minimum absolute atomic E-state index is 0.0174. The normalized spacial score (nSPS) is 36.2. The fourth-order valence-corrected chi connectivity index (χ4v) is 0.396. The molecule has 1 heterocycles. The molecule has 8 heavy (non-hydrogen) atoms. The Morgan fingerprint density at radius 1 is 1.75 bits per heavy atom. The van der Waals surface area contributed by atoms with Crippen molar-refractivity contribution in [1.29, 1.82) is 0 Å². The Morgan fingerprint density at radius 3 is 2.25 bits per heavy atom. The highest BCUT2D eigenvalue weighted by molar-refractivity contribution is 5.85. The van der Waals surface area contributed by atoms with Gasteiger partial charge in [0.1, 0.15) is 6.61 Å². The molecular formula is C5H8O3. The van der Waals surface area contributed by atoms with E-state index in [4.69, 9.17) is 0 Å². The van der Waals surface area contributed by atoms with Gasteiger partial charge in [-0.05, 0) is 13.8 Å². The third-order valence-corrected chi connectivity index (χ3v) is 1.32. The van der Waals surface area contributed by atoms with Crippen molar-refractivity contribution in [2.75, 3.05) is 6.61 Å². The van der Waals surface area contributed by atoms with Crippen LogP contribution in [0.1, 0.15) is 13.8 Å². The predicted octanol–water partition coefficient (Wildman–Crippen LogP) is 0.296. The van der Waals surface area contributed by atoms with Crippen molar-refractivity contribution in [3.8, 4) is 0 Å². The van der Waals surface area contributed by atoms with Crippen LogP contribution in [0.5, 0.6) is 0 Å². The molecule has 3 heteroatoms. The van der Waals surface area contributed by atoms with Crippen molar-refractivity contribution in [2.24, 2.45) is 0 Å². The Labute approximate surface area is 47.5 Å². The van der Waals surface area contributed by atoms with Gasteiger partial charge in [-0.3, -0.25) is 4.79 Å². The quantitative estimate of drug-likeness (QED) is 0.462. The second-order valence-corrected chi connectivity index (χ2v) is 2.13. The maximum absolute atomic E-state index is 10.5. The molecule has 0 aromatic carbocycles. The van der Waals surface area contributed by atoms with Crippen LogP contribution in [0.3, 0.4) is 0 Å². The molecule has 46 valence electrons. The SMILES string of the molecule is CC(=O)C1(C)COO1. The van der Waals surface area contributed by atoms with E-state index in [1.807, 2.05) is 0 Å². The van der Waals surface area contributed by atoms with Gasteiger partial charge in [-0.25, -0.2) is 9.78 Å². The number of carbonyl (C=O) groups is 1. The second kappa shape index (κ2) is 1.53. The molecule has 0 aromatic heterocycles. The maximum atomic E-state index is 10.5. The van der Waals surface area contributed by atoms with Crippen LogP contribution in [0, 0.1) is 0 Å². The first-order valence-electron chi connectivity index (χ1n) is 2.47. The Balaban J connectivity index is 2.53. The molecule has 1 atom stereocenters. The van der Waals surface area contributed by atoms with Crippen molar-refractivity contribution in [1.82, 2.24) is 0 Å². The van der Waals surface area contributed by atoms with Crippen LogP contribution >= 0.6 is 0 Å². The summed E-state index contributed by atoms with van der Waals surface area (Å²) in [5, 5.41) is 0. The van der Waals surface area contributed by atoms with Gasteiger partial charge in [0, 0.05) is 0 Å². The van der Waals surface area contributed by atoms with Gasteiger partial charge in [0.25, 0.3) is 0 Å². The summed E-state index contributed by atoms with van der Waals surface area (Å²) in [7, 11) is 0. The fourth-order valence-electron chi connectivity index (χ4n) is 0.396. The molecule has 0 radical (unpaired) electrons. The third kappa shape index (κ3) is 0.638. The average molecular weight is 116 g/mol. The fraction of sp³-hybridized carbons (Fsp3) is 0.800. The zero-order chi connectivity index (χ0) is 6.20. The van der Waals surface area contributed by atoms with E-state index in [0.29, 0.717) is 6.61 Å². The molecule has 1 aliphatic rings. The number of ketones is 1. The van der Waals surface area contributed by atoms with Crippen molar-refractivity contribution in [2.45, 2.75) is 19.4 Å². The Morgan fingerprint density at radius 2 is 2.25 bits per heavy atom. The summed E-state index contributed by atoms with van der Waals surface area (Å²) in [5.74, 6) is 0.0174. The zero-order valence-electron chi connectivity index (χ0n) is 4.93. The summed E-state index contributed by atoms with van der Waals surface area (Å²) < 4.78 is 0. The molecular weight excluding hydrogens is 108 g/mol. The molecule has 0 bridgehead atoms. The van der Waals surface area contributed by atoms with E-state index in [2.05, 4.69) is 9.78 Å². The molecule has 1 rings (SSSR count). The molecule has 0 aliphatic carbocycles. The van der Waals surface area contributed by atoms with Crippen LogP contribution in [0.2, 0.25) is 0 Å². The lowest BCUT2D eigenvalue weighted by molar-refractivity contribution is -0.449. The maximum Gasteiger partial charge on any atom is 0.184 e. The first-order chi connectivity index (χ1) is 3.65. The lowest BCUT2D eigenvalue weighted by Crippen LogP contribution is -2.50. The van der Waals surface area contributed by atoms with Crippen LogP contribution in [0.15, 0.2) is 0 Å². The average Bonchev–Trinajstić information content (AvgIpc) is 1.60. The first kappa shape index (κ1) is 5.72. The number of hydrogen-bond donors (Lipinski definition) is 0. The topological polar surface area (TPSA) is 35.5 Å². The summed E-state index contributed by atoms with van der Waals surface area (Å²) in [6.45, 7) is 3.59. The highest BCUT2D eigenvalue weighted by Crippen LogP contribution is 2.21. The number of Topliss-reactive ketones (excluding diaryl/α,β-unsaturated/α-hetero) is 1. The van der Waals surface area contributed by atoms with Crippen LogP contribution in [0.4, 0.5) is 0 Å². The summed E-state index contributed by atoms with van der Waals surface area (Å²) >= 11 is 0. The minimum Gasteiger partial charge on any atom is -0.297 e. The van der Waals surface area contributed by atoms with E-state index in [0.717, 1.165) is 0 Å². The zero-order valence-corrected chi connectivity index (χ0v) is 4.93. The van der Waals surface area contributed by atoms with Gasteiger partial charge >= 0.3 is 0 Å².